The minimum atomic E-state index is 0. The van der Waals surface area contributed by atoms with Crippen LogP contribution in [-0.2, 0) is 4.79 Å². The highest BCUT2D eigenvalue weighted by Crippen LogP contribution is 2.34. The molecule has 0 bridgehead atoms. The van der Waals surface area contributed by atoms with Crippen molar-refractivity contribution in [1.29, 1.82) is 0 Å². The van der Waals surface area contributed by atoms with E-state index >= 15 is 0 Å². The molecule has 1 atom stereocenters. The second-order valence-electron chi connectivity index (χ2n) is 6.17. The van der Waals surface area contributed by atoms with E-state index in [1.54, 1.807) is 0 Å². The number of amides is 1. The second kappa shape index (κ2) is 6.25. The molecule has 3 aliphatic rings. The predicted molar refractivity (Wildman–Crippen MR) is 74.9 cm³/mol. The molecule has 0 radical (unpaired) electrons. The zero-order valence-electron chi connectivity index (χ0n) is 11.1. The van der Waals surface area contributed by atoms with Crippen molar-refractivity contribution in [3.8, 4) is 0 Å². The highest BCUT2D eigenvalue weighted by Gasteiger charge is 2.34. The molecule has 1 heterocycles. The van der Waals surface area contributed by atoms with Gasteiger partial charge in [-0.05, 0) is 56.9 Å². The van der Waals surface area contributed by atoms with Gasteiger partial charge in [0.25, 0.3) is 0 Å². The Hall–Kier alpha value is -0.280. The van der Waals surface area contributed by atoms with Crippen LogP contribution in [0, 0.1) is 17.8 Å². The van der Waals surface area contributed by atoms with Crippen molar-refractivity contribution in [2.75, 3.05) is 26.2 Å². The first-order valence-corrected chi connectivity index (χ1v) is 7.32. The fraction of sp³-hybridized carbons (Fsp3) is 0.929. The van der Waals surface area contributed by atoms with Crippen LogP contribution >= 0.6 is 12.4 Å². The van der Waals surface area contributed by atoms with E-state index in [9.17, 15) is 4.79 Å². The van der Waals surface area contributed by atoms with Crippen LogP contribution in [0.5, 0.6) is 0 Å². The van der Waals surface area contributed by atoms with Crippen LogP contribution in [0.25, 0.3) is 0 Å². The Bertz CT molecular complexity index is 270. The van der Waals surface area contributed by atoms with Crippen LogP contribution < -0.4 is 5.32 Å². The lowest BCUT2D eigenvalue weighted by atomic mass is 9.98. The maximum atomic E-state index is 12.5. The third kappa shape index (κ3) is 3.86. The van der Waals surface area contributed by atoms with Gasteiger partial charge in [0.2, 0.25) is 5.91 Å². The molecule has 4 heteroatoms. The quantitative estimate of drug-likeness (QED) is 0.831. The summed E-state index contributed by atoms with van der Waals surface area (Å²) >= 11 is 0. The monoisotopic (exact) mass is 272 g/mol. The van der Waals surface area contributed by atoms with Crippen LogP contribution in [-0.4, -0.2) is 37.0 Å². The van der Waals surface area contributed by atoms with Gasteiger partial charge < -0.3 is 10.2 Å². The molecule has 1 amide bonds. The van der Waals surface area contributed by atoms with E-state index in [0.717, 1.165) is 50.9 Å². The van der Waals surface area contributed by atoms with Gasteiger partial charge in [0, 0.05) is 19.6 Å². The minimum Gasteiger partial charge on any atom is -0.342 e. The predicted octanol–water partition coefficient (Wildman–Crippen LogP) is 2.06. The maximum absolute atomic E-state index is 12.5. The summed E-state index contributed by atoms with van der Waals surface area (Å²) in [7, 11) is 0. The van der Waals surface area contributed by atoms with Crippen LogP contribution in [0.15, 0.2) is 0 Å². The second-order valence-corrected chi connectivity index (χ2v) is 6.17. The zero-order valence-corrected chi connectivity index (χ0v) is 11.9. The molecule has 2 saturated carbocycles. The average molecular weight is 273 g/mol. The number of nitrogens with one attached hydrogen (secondary N) is 1. The molecule has 0 aromatic rings. The van der Waals surface area contributed by atoms with E-state index in [0.29, 0.717) is 5.91 Å². The van der Waals surface area contributed by atoms with Gasteiger partial charge in [-0.25, -0.2) is 0 Å². The molecule has 3 nitrogen and oxygen atoms in total. The van der Waals surface area contributed by atoms with E-state index in [-0.39, 0.29) is 18.3 Å². The first-order chi connectivity index (χ1) is 8.33. The van der Waals surface area contributed by atoms with Gasteiger partial charge in [0.1, 0.15) is 0 Å². The van der Waals surface area contributed by atoms with Crippen molar-refractivity contribution in [3.63, 3.8) is 0 Å². The van der Waals surface area contributed by atoms with Crippen molar-refractivity contribution in [2.45, 2.75) is 38.5 Å². The Morgan fingerprint density at radius 2 is 1.67 bits per heavy atom. The molecular weight excluding hydrogens is 248 g/mol. The van der Waals surface area contributed by atoms with Gasteiger partial charge in [-0.15, -0.1) is 12.4 Å². The van der Waals surface area contributed by atoms with E-state index in [1.165, 1.54) is 25.7 Å². The number of piperidine rings is 1. The first-order valence-electron chi connectivity index (χ1n) is 7.32. The van der Waals surface area contributed by atoms with E-state index in [4.69, 9.17) is 0 Å². The van der Waals surface area contributed by atoms with Gasteiger partial charge in [-0.2, -0.15) is 0 Å². The lowest BCUT2D eigenvalue weighted by Crippen LogP contribution is -2.44. The summed E-state index contributed by atoms with van der Waals surface area (Å²) in [6, 6.07) is 0. The van der Waals surface area contributed by atoms with Crippen molar-refractivity contribution in [2.24, 2.45) is 17.8 Å². The minimum absolute atomic E-state index is 0. The third-order valence-corrected chi connectivity index (χ3v) is 4.31. The van der Waals surface area contributed by atoms with Crippen LogP contribution in [0.3, 0.4) is 0 Å². The molecular formula is C14H25ClN2O. The summed E-state index contributed by atoms with van der Waals surface area (Å²) in [4.78, 5) is 14.7. The lowest BCUT2D eigenvalue weighted by molar-refractivity contribution is -0.136. The van der Waals surface area contributed by atoms with Crippen molar-refractivity contribution >= 4 is 18.3 Å². The van der Waals surface area contributed by atoms with Crippen LogP contribution in [0.2, 0.25) is 0 Å². The number of rotatable bonds is 5. The maximum Gasteiger partial charge on any atom is 0.226 e. The Morgan fingerprint density at radius 3 is 2.11 bits per heavy atom. The Kier molecular flexibility index (Phi) is 4.91. The summed E-state index contributed by atoms with van der Waals surface area (Å²) in [6.45, 7) is 4.09. The summed E-state index contributed by atoms with van der Waals surface area (Å²) in [5.74, 6) is 2.36. The summed E-state index contributed by atoms with van der Waals surface area (Å²) in [5.41, 5.74) is 0. The molecule has 104 valence electrons. The highest BCUT2D eigenvalue weighted by atomic mass is 35.5. The summed E-state index contributed by atoms with van der Waals surface area (Å²) in [6.07, 6.45) is 7.64. The number of hydrogen-bond donors (Lipinski definition) is 1. The van der Waals surface area contributed by atoms with Gasteiger partial charge in [-0.3, -0.25) is 4.79 Å². The number of halogens is 1. The Balaban J connectivity index is 0.00000120. The molecule has 3 fully saturated rings. The molecule has 3 rings (SSSR count). The van der Waals surface area contributed by atoms with Crippen LogP contribution in [0.1, 0.15) is 38.5 Å². The average Bonchev–Trinajstić information content (AvgIpc) is 3.23. The molecule has 1 N–H and O–H groups in total. The van der Waals surface area contributed by atoms with Gasteiger partial charge in [-0.1, -0.05) is 0 Å². The van der Waals surface area contributed by atoms with Crippen molar-refractivity contribution in [3.05, 3.63) is 0 Å². The molecule has 1 aliphatic heterocycles. The molecule has 0 aromatic heterocycles. The van der Waals surface area contributed by atoms with Crippen molar-refractivity contribution in [1.82, 2.24) is 10.2 Å². The van der Waals surface area contributed by atoms with E-state index in [2.05, 4.69) is 10.2 Å². The van der Waals surface area contributed by atoms with Crippen molar-refractivity contribution < 1.29 is 4.79 Å². The van der Waals surface area contributed by atoms with Crippen LogP contribution in [0.4, 0.5) is 0 Å². The fourth-order valence-electron chi connectivity index (χ4n) is 2.80. The normalized spacial score (nSPS) is 27.4. The summed E-state index contributed by atoms with van der Waals surface area (Å²) < 4.78 is 0. The number of nitrogens with zero attached hydrogens (tertiary/aromatic N) is 1. The van der Waals surface area contributed by atoms with Gasteiger partial charge >= 0.3 is 0 Å². The topological polar surface area (TPSA) is 32.3 Å². The zero-order chi connectivity index (χ0) is 11.7. The Labute approximate surface area is 116 Å². The molecule has 2 aliphatic carbocycles. The standard InChI is InChI=1S/C14H24N2O.ClH/c17-14(13-2-1-7-15-8-13)16(9-11-3-4-11)10-12-5-6-12;/h11-13,15H,1-10H2;1H/t13-;/m1./s1. The van der Waals surface area contributed by atoms with E-state index in [1.807, 2.05) is 0 Å². The number of carbonyl (C=O) groups is 1. The number of carbonyl (C=O) groups excluding carboxylic acids is 1. The third-order valence-electron chi connectivity index (χ3n) is 4.31. The highest BCUT2D eigenvalue weighted by molar-refractivity contribution is 5.85. The smallest absolute Gasteiger partial charge is 0.226 e. The SMILES string of the molecule is Cl.O=C([C@@H]1CCCNC1)N(CC1CC1)CC1CC1. The number of hydrogen-bond acceptors (Lipinski definition) is 2. The lowest BCUT2D eigenvalue weighted by Gasteiger charge is -2.30. The molecule has 0 unspecified atom stereocenters. The van der Waals surface area contributed by atoms with Gasteiger partial charge in [0.15, 0.2) is 0 Å². The molecule has 18 heavy (non-hydrogen) atoms. The molecule has 0 spiro atoms. The van der Waals surface area contributed by atoms with E-state index < -0.39 is 0 Å². The molecule has 0 aromatic carbocycles. The largest absolute Gasteiger partial charge is 0.342 e. The summed E-state index contributed by atoms with van der Waals surface area (Å²) in [5, 5.41) is 3.36. The fourth-order valence-corrected chi connectivity index (χ4v) is 2.80. The van der Waals surface area contributed by atoms with Gasteiger partial charge in [0.05, 0.1) is 5.92 Å². The molecule has 1 saturated heterocycles. The Morgan fingerprint density at radius 1 is 1.06 bits per heavy atom. The first kappa shape index (κ1) is 14.1.